The van der Waals surface area contributed by atoms with E-state index in [1.807, 2.05) is 0 Å². The van der Waals surface area contributed by atoms with E-state index >= 15 is 0 Å². The van der Waals surface area contributed by atoms with Crippen LogP contribution >= 0.6 is 0 Å². The van der Waals surface area contributed by atoms with E-state index in [2.05, 4.69) is 0 Å². The zero-order valence-electron chi connectivity index (χ0n) is 6.38. The molecule has 0 aromatic heterocycles. The van der Waals surface area contributed by atoms with Crippen molar-refractivity contribution in [2.75, 3.05) is 0 Å². The van der Waals surface area contributed by atoms with Crippen molar-refractivity contribution in [2.24, 2.45) is 5.73 Å². The van der Waals surface area contributed by atoms with Gasteiger partial charge in [0, 0.05) is 0 Å². The second kappa shape index (κ2) is 3.65. The topological polar surface area (TPSA) is 77.2 Å². The van der Waals surface area contributed by atoms with Gasteiger partial charge in [0.15, 0.2) is 11.6 Å². The fourth-order valence-corrected chi connectivity index (χ4v) is 0.550. The number of allylic oxidation sites excluding steroid dienone is 1. The molecule has 0 saturated carbocycles. The number of Topliss-reactive ketones (excluding diaryl/α,β-unsaturated/α-hetero) is 1. The van der Waals surface area contributed by atoms with Gasteiger partial charge in [0.05, 0.1) is 5.57 Å². The average molecular weight is 155 g/mol. The number of rotatable bonds is 3. The van der Waals surface area contributed by atoms with E-state index in [9.17, 15) is 14.4 Å². The van der Waals surface area contributed by atoms with Crippen molar-refractivity contribution in [3.63, 3.8) is 0 Å². The molecule has 1 amide bonds. The van der Waals surface area contributed by atoms with Crippen molar-refractivity contribution in [3.8, 4) is 0 Å². The normalized spacial score (nSPS) is 10.9. The van der Waals surface area contributed by atoms with Crippen LogP contribution in [0.3, 0.4) is 0 Å². The molecule has 0 unspecified atom stereocenters. The molecule has 0 aromatic rings. The Kier molecular flexibility index (Phi) is 3.17. The molecule has 0 aliphatic rings. The molecule has 11 heavy (non-hydrogen) atoms. The Labute approximate surface area is 64.1 Å². The summed E-state index contributed by atoms with van der Waals surface area (Å²) >= 11 is 0. The molecule has 0 heterocycles. The molecule has 0 bridgehead atoms. The lowest BCUT2D eigenvalue weighted by Crippen LogP contribution is -2.19. The number of ketones is 2. The Bertz CT molecular complexity index is 224. The van der Waals surface area contributed by atoms with Gasteiger partial charge < -0.3 is 5.73 Å². The van der Waals surface area contributed by atoms with Gasteiger partial charge >= 0.3 is 0 Å². The molecule has 60 valence electrons. The molecule has 0 saturated heterocycles. The second-order valence-electron chi connectivity index (χ2n) is 2.09. The highest BCUT2D eigenvalue weighted by atomic mass is 16.2. The SMILES string of the molecule is CC(=O)C=C(C(C)=O)C(N)=O. The number of primary amides is 1. The second-order valence-corrected chi connectivity index (χ2v) is 2.09. The van der Waals surface area contributed by atoms with Crippen LogP contribution in [0.2, 0.25) is 0 Å². The van der Waals surface area contributed by atoms with E-state index in [4.69, 9.17) is 5.73 Å². The molecule has 0 rings (SSSR count). The van der Waals surface area contributed by atoms with Crippen LogP contribution in [0.1, 0.15) is 13.8 Å². The number of nitrogens with two attached hydrogens (primary N) is 1. The van der Waals surface area contributed by atoms with Gasteiger partial charge in [-0.05, 0) is 19.9 Å². The highest BCUT2D eigenvalue weighted by Crippen LogP contribution is 1.94. The van der Waals surface area contributed by atoms with Crippen molar-refractivity contribution in [1.82, 2.24) is 0 Å². The smallest absolute Gasteiger partial charge is 0.252 e. The zero-order valence-corrected chi connectivity index (χ0v) is 6.38. The fraction of sp³-hybridized carbons (Fsp3) is 0.286. The number of carbonyl (C=O) groups excluding carboxylic acids is 3. The van der Waals surface area contributed by atoms with Crippen LogP contribution in [0.4, 0.5) is 0 Å². The standard InChI is InChI=1S/C7H9NO3/c1-4(9)3-6(5(2)10)7(8)11/h3H,1-2H3,(H2,8,11). The fourth-order valence-electron chi connectivity index (χ4n) is 0.550. The molecule has 4 heteroatoms. The van der Waals surface area contributed by atoms with E-state index in [0.717, 1.165) is 6.08 Å². The molecular weight excluding hydrogens is 146 g/mol. The maximum atomic E-state index is 10.6. The van der Waals surface area contributed by atoms with Gasteiger partial charge in [-0.3, -0.25) is 14.4 Å². The Morgan fingerprint density at radius 2 is 1.64 bits per heavy atom. The van der Waals surface area contributed by atoms with Crippen LogP contribution in [-0.4, -0.2) is 17.5 Å². The van der Waals surface area contributed by atoms with Gasteiger partial charge in [-0.1, -0.05) is 0 Å². The predicted molar refractivity (Wildman–Crippen MR) is 38.6 cm³/mol. The lowest BCUT2D eigenvalue weighted by atomic mass is 10.1. The van der Waals surface area contributed by atoms with Crippen LogP contribution in [0.15, 0.2) is 11.6 Å². The number of hydrogen-bond acceptors (Lipinski definition) is 3. The molecular formula is C7H9NO3. The lowest BCUT2D eigenvalue weighted by Gasteiger charge is -1.93. The van der Waals surface area contributed by atoms with E-state index in [-0.39, 0.29) is 11.4 Å². The molecule has 0 radical (unpaired) electrons. The van der Waals surface area contributed by atoms with Gasteiger partial charge in [0.25, 0.3) is 5.91 Å². The minimum Gasteiger partial charge on any atom is -0.365 e. The zero-order chi connectivity index (χ0) is 9.02. The number of carbonyl (C=O) groups is 3. The average Bonchev–Trinajstić information content (AvgIpc) is 1.81. The molecule has 0 fully saturated rings. The van der Waals surface area contributed by atoms with Crippen molar-refractivity contribution < 1.29 is 14.4 Å². The first-order valence-electron chi connectivity index (χ1n) is 2.98. The summed E-state index contributed by atoms with van der Waals surface area (Å²) in [6.07, 6.45) is 0.935. The minimum atomic E-state index is -0.868. The molecule has 0 aliphatic carbocycles. The summed E-state index contributed by atoms with van der Waals surface area (Å²) < 4.78 is 0. The van der Waals surface area contributed by atoms with Crippen LogP contribution in [-0.2, 0) is 14.4 Å². The monoisotopic (exact) mass is 155 g/mol. The summed E-state index contributed by atoms with van der Waals surface area (Å²) in [7, 11) is 0. The van der Waals surface area contributed by atoms with Crippen molar-refractivity contribution in [3.05, 3.63) is 11.6 Å². The number of amides is 1. The predicted octanol–water partition coefficient (Wildman–Crippen LogP) is -0.424. The van der Waals surface area contributed by atoms with E-state index in [1.54, 1.807) is 0 Å². The third-order valence-electron chi connectivity index (χ3n) is 0.992. The van der Waals surface area contributed by atoms with Gasteiger partial charge in [0.2, 0.25) is 0 Å². The van der Waals surface area contributed by atoms with Gasteiger partial charge in [-0.15, -0.1) is 0 Å². The molecule has 2 N–H and O–H groups in total. The van der Waals surface area contributed by atoms with Gasteiger partial charge in [-0.2, -0.15) is 0 Å². The maximum absolute atomic E-state index is 10.6. The summed E-state index contributed by atoms with van der Waals surface area (Å²) in [4.78, 5) is 31.5. The summed E-state index contributed by atoms with van der Waals surface area (Å²) in [6.45, 7) is 2.42. The first-order valence-corrected chi connectivity index (χ1v) is 2.98. The van der Waals surface area contributed by atoms with Gasteiger partial charge in [-0.25, -0.2) is 0 Å². The summed E-state index contributed by atoms with van der Waals surface area (Å²) in [5.41, 5.74) is 4.55. The van der Waals surface area contributed by atoms with Crippen molar-refractivity contribution in [2.45, 2.75) is 13.8 Å². The molecule has 0 spiro atoms. The molecule has 0 aromatic carbocycles. The summed E-state index contributed by atoms with van der Waals surface area (Å²) in [6, 6.07) is 0. The minimum absolute atomic E-state index is 0.252. The molecule has 0 atom stereocenters. The van der Waals surface area contributed by atoms with Crippen LogP contribution in [0.25, 0.3) is 0 Å². The first-order chi connectivity index (χ1) is 4.95. The van der Waals surface area contributed by atoms with E-state index in [0.29, 0.717) is 0 Å². The number of hydrogen-bond donors (Lipinski definition) is 1. The molecule has 4 nitrogen and oxygen atoms in total. The maximum Gasteiger partial charge on any atom is 0.252 e. The Morgan fingerprint density at radius 1 is 1.18 bits per heavy atom. The Morgan fingerprint density at radius 3 is 1.73 bits per heavy atom. The van der Waals surface area contributed by atoms with Crippen LogP contribution in [0, 0.1) is 0 Å². The summed E-state index contributed by atoms with van der Waals surface area (Å²) in [5, 5.41) is 0. The van der Waals surface area contributed by atoms with E-state index < -0.39 is 11.7 Å². The quantitative estimate of drug-likeness (QED) is 0.341. The summed E-state index contributed by atoms with van der Waals surface area (Å²) in [5.74, 6) is -1.73. The first kappa shape index (κ1) is 9.55. The third-order valence-corrected chi connectivity index (χ3v) is 0.992. The van der Waals surface area contributed by atoms with E-state index in [1.165, 1.54) is 13.8 Å². The highest BCUT2D eigenvalue weighted by Gasteiger charge is 2.10. The van der Waals surface area contributed by atoms with Crippen molar-refractivity contribution in [1.29, 1.82) is 0 Å². The van der Waals surface area contributed by atoms with Crippen LogP contribution < -0.4 is 5.73 Å². The van der Waals surface area contributed by atoms with Gasteiger partial charge in [0.1, 0.15) is 0 Å². The third kappa shape index (κ3) is 3.30. The Hall–Kier alpha value is -1.45. The highest BCUT2D eigenvalue weighted by molar-refractivity contribution is 6.20. The lowest BCUT2D eigenvalue weighted by molar-refractivity contribution is -0.121. The van der Waals surface area contributed by atoms with Crippen molar-refractivity contribution >= 4 is 17.5 Å². The Balaban J connectivity index is 4.75. The molecule has 0 aliphatic heterocycles. The largest absolute Gasteiger partial charge is 0.365 e. The van der Waals surface area contributed by atoms with Crippen LogP contribution in [0.5, 0.6) is 0 Å².